The number of hydrogen-bond donors (Lipinski definition) is 1. The highest BCUT2D eigenvalue weighted by Crippen LogP contribution is 2.16. The van der Waals surface area contributed by atoms with E-state index < -0.39 is 0 Å². The average Bonchev–Trinajstić information content (AvgIpc) is 2.44. The summed E-state index contributed by atoms with van der Waals surface area (Å²) in [7, 11) is 0. The van der Waals surface area contributed by atoms with Gasteiger partial charge in [0.25, 0.3) is 0 Å². The Morgan fingerprint density at radius 2 is 2.21 bits per heavy atom. The van der Waals surface area contributed by atoms with Crippen LogP contribution < -0.4 is 10.5 Å². The molecule has 2 rings (SSSR count). The van der Waals surface area contributed by atoms with Crippen molar-refractivity contribution in [2.45, 2.75) is 0 Å². The van der Waals surface area contributed by atoms with Crippen LogP contribution in [-0.4, -0.2) is 50.3 Å². The van der Waals surface area contributed by atoms with E-state index in [1.54, 1.807) is 6.07 Å². The van der Waals surface area contributed by atoms with Gasteiger partial charge in [0.15, 0.2) is 5.96 Å². The van der Waals surface area contributed by atoms with Crippen LogP contribution in [0.4, 0.5) is 0 Å². The van der Waals surface area contributed by atoms with Crippen LogP contribution in [0.2, 0.25) is 5.02 Å². The Bertz CT molecular complexity index is 434. The minimum atomic E-state index is 0.478. The number of nitrogens with zero attached hydrogens (tertiary/aromatic N) is 2. The van der Waals surface area contributed by atoms with E-state index >= 15 is 0 Å². The smallest absolute Gasteiger partial charge is 0.191 e. The lowest BCUT2D eigenvalue weighted by atomic mass is 10.3. The lowest BCUT2D eigenvalue weighted by Gasteiger charge is -2.27. The minimum absolute atomic E-state index is 0.478. The zero-order chi connectivity index (χ0) is 13.5. The molecule has 0 aromatic heterocycles. The molecule has 1 heterocycles. The van der Waals surface area contributed by atoms with Gasteiger partial charge < -0.3 is 20.1 Å². The molecule has 0 spiro atoms. The van der Waals surface area contributed by atoms with E-state index in [1.165, 1.54) is 0 Å². The van der Waals surface area contributed by atoms with Crippen LogP contribution in [0.5, 0.6) is 5.75 Å². The number of hydrogen-bond acceptors (Lipinski definition) is 3. The molecule has 1 aromatic carbocycles. The van der Waals surface area contributed by atoms with E-state index in [9.17, 15) is 0 Å². The number of halogens is 1. The van der Waals surface area contributed by atoms with E-state index in [0.717, 1.165) is 18.8 Å². The lowest BCUT2D eigenvalue weighted by molar-refractivity contribution is 0.0674. The van der Waals surface area contributed by atoms with Gasteiger partial charge in [-0.05, 0) is 18.2 Å². The summed E-state index contributed by atoms with van der Waals surface area (Å²) in [6.07, 6.45) is 0. The molecule has 0 amide bonds. The topological polar surface area (TPSA) is 60.1 Å². The van der Waals surface area contributed by atoms with Gasteiger partial charge in [-0.1, -0.05) is 17.7 Å². The van der Waals surface area contributed by atoms with Gasteiger partial charge in [0, 0.05) is 18.1 Å². The molecule has 1 aliphatic rings. The van der Waals surface area contributed by atoms with Crippen LogP contribution in [0.1, 0.15) is 0 Å². The molecule has 0 bridgehead atoms. The van der Waals surface area contributed by atoms with E-state index in [0.29, 0.717) is 37.3 Å². The third-order valence-corrected chi connectivity index (χ3v) is 3.00. The van der Waals surface area contributed by atoms with Crippen molar-refractivity contribution in [3.05, 3.63) is 29.3 Å². The monoisotopic (exact) mass is 283 g/mol. The fourth-order valence-electron chi connectivity index (χ4n) is 1.77. The summed E-state index contributed by atoms with van der Waals surface area (Å²) in [5, 5.41) is 0.661. The number of rotatable bonds is 4. The Hall–Kier alpha value is -1.46. The molecule has 5 nitrogen and oxygen atoms in total. The number of aliphatic imine (C=N–C) groups is 1. The maximum atomic E-state index is 5.90. The van der Waals surface area contributed by atoms with Crippen molar-refractivity contribution in [1.82, 2.24) is 4.90 Å². The standard InChI is InChI=1S/C13H18ClN3O2/c14-11-2-1-3-12(10-11)19-7-4-16-13(15)17-5-8-18-9-6-17/h1-3,10H,4-9H2,(H2,15,16). The molecule has 0 atom stereocenters. The molecule has 1 saturated heterocycles. The van der Waals surface area contributed by atoms with Gasteiger partial charge in [0.1, 0.15) is 12.4 Å². The van der Waals surface area contributed by atoms with Crippen molar-refractivity contribution in [3.8, 4) is 5.75 Å². The zero-order valence-corrected chi connectivity index (χ0v) is 11.5. The Balaban J connectivity index is 1.73. The van der Waals surface area contributed by atoms with Crippen LogP contribution in [-0.2, 0) is 4.74 Å². The number of nitrogens with two attached hydrogens (primary N) is 1. The molecule has 6 heteroatoms. The second kappa shape index (κ2) is 7.21. The first-order valence-corrected chi connectivity index (χ1v) is 6.64. The molecule has 2 N–H and O–H groups in total. The van der Waals surface area contributed by atoms with Crippen molar-refractivity contribution in [3.63, 3.8) is 0 Å². The first-order chi connectivity index (χ1) is 9.25. The number of morpholine rings is 1. The molecule has 19 heavy (non-hydrogen) atoms. The summed E-state index contributed by atoms with van der Waals surface area (Å²) >= 11 is 5.86. The van der Waals surface area contributed by atoms with Crippen molar-refractivity contribution >= 4 is 17.6 Å². The van der Waals surface area contributed by atoms with Gasteiger partial charge in [-0.2, -0.15) is 0 Å². The highest BCUT2D eigenvalue weighted by Gasteiger charge is 2.11. The Morgan fingerprint density at radius 3 is 2.95 bits per heavy atom. The summed E-state index contributed by atoms with van der Waals surface area (Å²) in [6.45, 7) is 4.00. The van der Waals surface area contributed by atoms with Gasteiger partial charge in [-0.3, -0.25) is 0 Å². The van der Waals surface area contributed by atoms with Gasteiger partial charge in [0.05, 0.1) is 19.8 Å². The van der Waals surface area contributed by atoms with Crippen LogP contribution in [0, 0.1) is 0 Å². The van der Waals surface area contributed by atoms with Gasteiger partial charge in [-0.15, -0.1) is 0 Å². The molecular formula is C13H18ClN3O2. The fraction of sp³-hybridized carbons (Fsp3) is 0.462. The van der Waals surface area contributed by atoms with Crippen LogP contribution in [0.3, 0.4) is 0 Å². The second-order valence-electron chi connectivity index (χ2n) is 4.15. The molecular weight excluding hydrogens is 266 g/mol. The Morgan fingerprint density at radius 1 is 1.42 bits per heavy atom. The van der Waals surface area contributed by atoms with Gasteiger partial charge in [0.2, 0.25) is 0 Å². The van der Waals surface area contributed by atoms with Crippen LogP contribution >= 0.6 is 11.6 Å². The molecule has 0 saturated carbocycles. The quantitative estimate of drug-likeness (QED) is 0.515. The molecule has 0 aliphatic carbocycles. The summed E-state index contributed by atoms with van der Waals surface area (Å²) in [5.41, 5.74) is 5.90. The van der Waals surface area contributed by atoms with Crippen molar-refractivity contribution < 1.29 is 9.47 Å². The first kappa shape index (κ1) is 14.0. The minimum Gasteiger partial charge on any atom is -0.492 e. The summed E-state index contributed by atoms with van der Waals surface area (Å²) in [4.78, 5) is 6.31. The second-order valence-corrected chi connectivity index (χ2v) is 4.58. The molecule has 1 fully saturated rings. The summed E-state index contributed by atoms with van der Waals surface area (Å²) in [6, 6.07) is 7.30. The molecule has 104 valence electrons. The molecule has 0 unspecified atom stereocenters. The predicted molar refractivity (Wildman–Crippen MR) is 75.8 cm³/mol. The molecule has 1 aliphatic heterocycles. The van der Waals surface area contributed by atoms with Crippen molar-refractivity contribution in [2.24, 2.45) is 10.7 Å². The van der Waals surface area contributed by atoms with E-state index in [4.69, 9.17) is 26.8 Å². The van der Waals surface area contributed by atoms with Crippen LogP contribution in [0.15, 0.2) is 29.3 Å². The zero-order valence-electron chi connectivity index (χ0n) is 10.7. The van der Waals surface area contributed by atoms with E-state index in [2.05, 4.69) is 4.99 Å². The average molecular weight is 284 g/mol. The third kappa shape index (κ3) is 4.61. The summed E-state index contributed by atoms with van der Waals surface area (Å²) in [5.74, 6) is 1.30. The van der Waals surface area contributed by atoms with E-state index in [-0.39, 0.29) is 0 Å². The van der Waals surface area contributed by atoms with Crippen molar-refractivity contribution in [1.29, 1.82) is 0 Å². The van der Waals surface area contributed by atoms with E-state index in [1.807, 2.05) is 23.1 Å². The van der Waals surface area contributed by atoms with Gasteiger partial charge in [-0.25, -0.2) is 4.99 Å². The third-order valence-electron chi connectivity index (χ3n) is 2.76. The molecule has 1 aromatic rings. The highest BCUT2D eigenvalue weighted by molar-refractivity contribution is 6.30. The molecule has 0 radical (unpaired) electrons. The lowest BCUT2D eigenvalue weighted by Crippen LogP contribution is -2.45. The Kier molecular flexibility index (Phi) is 5.30. The maximum absolute atomic E-state index is 5.90. The fourth-order valence-corrected chi connectivity index (χ4v) is 1.95. The highest BCUT2D eigenvalue weighted by atomic mass is 35.5. The van der Waals surface area contributed by atoms with Crippen LogP contribution in [0.25, 0.3) is 0 Å². The number of ether oxygens (including phenoxy) is 2. The SMILES string of the molecule is NC(=NCCOc1cccc(Cl)c1)N1CCOCC1. The first-order valence-electron chi connectivity index (χ1n) is 6.27. The Labute approximate surface area is 118 Å². The number of benzene rings is 1. The normalized spacial score (nSPS) is 16.5. The van der Waals surface area contributed by atoms with Gasteiger partial charge >= 0.3 is 0 Å². The number of guanidine groups is 1. The summed E-state index contributed by atoms with van der Waals surface area (Å²) < 4.78 is 10.8. The van der Waals surface area contributed by atoms with Crippen molar-refractivity contribution in [2.75, 3.05) is 39.5 Å². The largest absolute Gasteiger partial charge is 0.492 e. The predicted octanol–water partition coefficient (Wildman–Crippen LogP) is 1.37. The maximum Gasteiger partial charge on any atom is 0.191 e.